The van der Waals surface area contributed by atoms with Gasteiger partial charge in [0.25, 0.3) is 0 Å². The van der Waals surface area contributed by atoms with E-state index in [4.69, 9.17) is 26.7 Å². The molecule has 0 spiro atoms. The molecule has 0 atom stereocenters. The normalized spacial score (nSPS) is 9.62. The number of carbonyl (C=O) groups is 1. The molecule has 0 aromatic heterocycles. The van der Waals surface area contributed by atoms with Crippen LogP contribution in [0.15, 0.2) is 12.1 Å². The number of hydrogen-bond acceptors (Lipinski definition) is 4. The van der Waals surface area contributed by atoms with Crippen molar-refractivity contribution in [3.8, 4) is 6.07 Å². The summed E-state index contributed by atoms with van der Waals surface area (Å²) in [6.07, 6.45) is 0. The lowest BCUT2D eigenvalue weighted by Crippen LogP contribution is -2.07. The zero-order chi connectivity index (χ0) is 12.1. The van der Waals surface area contributed by atoms with Crippen molar-refractivity contribution in [1.82, 2.24) is 0 Å². The molecule has 0 aliphatic carbocycles. The molecule has 0 saturated carbocycles. The maximum Gasteiger partial charge on any atom is 0.339 e. The average molecular weight is 240 g/mol. The third kappa shape index (κ3) is 2.51. The molecule has 0 radical (unpaired) electrons. The van der Waals surface area contributed by atoms with Crippen molar-refractivity contribution in [1.29, 1.82) is 5.26 Å². The second-order valence-electron chi connectivity index (χ2n) is 2.98. The first-order valence-corrected chi connectivity index (χ1v) is 5.02. The molecule has 0 amide bonds. The number of ether oxygens (including phenoxy) is 1. The van der Waals surface area contributed by atoms with Crippen molar-refractivity contribution in [3.63, 3.8) is 0 Å². The quantitative estimate of drug-likeness (QED) is 0.818. The third-order valence-corrected chi connectivity index (χ3v) is 2.29. The van der Waals surface area contributed by atoms with Crippen LogP contribution in [0.4, 0.5) is 0 Å². The minimum atomic E-state index is -0.575. The molecular formula is C11H10ClNO3. The van der Waals surface area contributed by atoms with Crippen molar-refractivity contribution >= 4 is 17.6 Å². The number of carbonyl (C=O) groups excluding carboxylic acids is 1. The Bertz CT molecular complexity index is 451. The molecule has 0 fully saturated rings. The van der Waals surface area contributed by atoms with Gasteiger partial charge in [-0.05, 0) is 24.6 Å². The van der Waals surface area contributed by atoms with E-state index in [1.165, 1.54) is 12.1 Å². The number of nitrogens with zero attached hydrogens (tertiary/aromatic N) is 1. The van der Waals surface area contributed by atoms with Gasteiger partial charge in [0.05, 0.1) is 35.4 Å². The van der Waals surface area contributed by atoms with Crippen molar-refractivity contribution in [2.45, 2.75) is 13.5 Å². The fourth-order valence-corrected chi connectivity index (χ4v) is 1.48. The highest BCUT2D eigenvalue weighted by Crippen LogP contribution is 2.22. The minimum absolute atomic E-state index is 0.136. The molecular weight excluding hydrogens is 230 g/mol. The van der Waals surface area contributed by atoms with Gasteiger partial charge in [-0.25, -0.2) is 4.79 Å². The summed E-state index contributed by atoms with van der Waals surface area (Å²) in [5.41, 5.74) is 0.743. The van der Waals surface area contributed by atoms with E-state index in [0.717, 1.165) is 0 Å². The Morgan fingerprint density at radius 1 is 1.62 bits per heavy atom. The van der Waals surface area contributed by atoms with Gasteiger partial charge in [0.15, 0.2) is 0 Å². The molecule has 1 aromatic rings. The monoisotopic (exact) mass is 239 g/mol. The van der Waals surface area contributed by atoms with Crippen LogP contribution in [0.3, 0.4) is 0 Å². The first kappa shape index (κ1) is 12.5. The summed E-state index contributed by atoms with van der Waals surface area (Å²) < 4.78 is 4.79. The fourth-order valence-electron chi connectivity index (χ4n) is 1.21. The van der Waals surface area contributed by atoms with Crippen molar-refractivity contribution in [3.05, 3.63) is 33.8 Å². The lowest BCUT2D eigenvalue weighted by molar-refractivity contribution is 0.0526. The highest BCUT2D eigenvalue weighted by atomic mass is 35.5. The average Bonchev–Trinajstić information content (AvgIpc) is 2.28. The van der Waals surface area contributed by atoms with Crippen LogP contribution in [-0.4, -0.2) is 17.7 Å². The Morgan fingerprint density at radius 3 is 2.81 bits per heavy atom. The van der Waals surface area contributed by atoms with E-state index >= 15 is 0 Å². The molecule has 0 aliphatic heterocycles. The Hall–Kier alpha value is -1.57. The predicted molar refractivity (Wildman–Crippen MR) is 58.0 cm³/mol. The number of benzene rings is 1. The highest BCUT2D eigenvalue weighted by molar-refractivity contribution is 6.33. The van der Waals surface area contributed by atoms with Crippen LogP contribution in [0, 0.1) is 11.3 Å². The molecule has 0 heterocycles. The van der Waals surface area contributed by atoms with Crippen LogP contribution in [0.1, 0.15) is 28.4 Å². The Labute approximate surface area is 98.0 Å². The molecule has 1 N–H and O–H groups in total. The SMILES string of the molecule is CCOC(=O)c1cc(C#N)c(CO)cc1Cl. The molecule has 0 bridgehead atoms. The van der Waals surface area contributed by atoms with Gasteiger partial charge in [-0.15, -0.1) is 0 Å². The molecule has 1 aromatic carbocycles. The summed E-state index contributed by atoms with van der Waals surface area (Å²) in [5.74, 6) is -0.575. The van der Waals surface area contributed by atoms with Crippen molar-refractivity contribution < 1.29 is 14.6 Å². The highest BCUT2D eigenvalue weighted by Gasteiger charge is 2.15. The lowest BCUT2D eigenvalue weighted by atomic mass is 10.1. The van der Waals surface area contributed by atoms with Gasteiger partial charge in [-0.1, -0.05) is 11.6 Å². The second-order valence-corrected chi connectivity index (χ2v) is 3.39. The third-order valence-electron chi connectivity index (χ3n) is 1.98. The first-order valence-electron chi connectivity index (χ1n) is 4.64. The van der Waals surface area contributed by atoms with Crippen molar-refractivity contribution in [2.75, 3.05) is 6.61 Å². The Balaban J connectivity index is 3.22. The van der Waals surface area contributed by atoms with Crippen molar-refractivity contribution in [2.24, 2.45) is 0 Å². The number of hydrogen-bond donors (Lipinski definition) is 1. The summed E-state index contributed by atoms with van der Waals surface area (Å²) >= 11 is 5.85. The zero-order valence-electron chi connectivity index (χ0n) is 8.66. The smallest absolute Gasteiger partial charge is 0.339 e. The number of aliphatic hydroxyl groups is 1. The van der Waals surface area contributed by atoms with Gasteiger partial charge in [0, 0.05) is 0 Å². The molecule has 0 aliphatic rings. The van der Waals surface area contributed by atoms with Crippen LogP contribution in [-0.2, 0) is 11.3 Å². The standard InChI is InChI=1S/C11H10ClNO3/c1-2-16-11(15)9-3-7(5-13)8(6-14)4-10(9)12/h3-4,14H,2,6H2,1H3. The summed E-state index contributed by atoms with van der Waals surface area (Å²) in [6.45, 7) is 1.61. The van der Waals surface area contributed by atoms with Crippen LogP contribution >= 0.6 is 11.6 Å². The summed E-state index contributed by atoms with van der Waals surface area (Å²) in [5, 5.41) is 18.0. The van der Waals surface area contributed by atoms with Crippen LogP contribution in [0.2, 0.25) is 5.02 Å². The van der Waals surface area contributed by atoms with Crippen LogP contribution in [0.5, 0.6) is 0 Å². The minimum Gasteiger partial charge on any atom is -0.462 e. The summed E-state index contributed by atoms with van der Waals surface area (Å²) in [4.78, 5) is 11.5. The second kappa shape index (κ2) is 5.50. The number of nitriles is 1. The van der Waals surface area contributed by atoms with E-state index in [1.54, 1.807) is 6.92 Å². The lowest BCUT2D eigenvalue weighted by Gasteiger charge is -2.07. The van der Waals surface area contributed by atoms with E-state index < -0.39 is 5.97 Å². The fraction of sp³-hybridized carbons (Fsp3) is 0.273. The van der Waals surface area contributed by atoms with Crippen LogP contribution < -0.4 is 0 Å². The Kier molecular flexibility index (Phi) is 4.29. The maximum atomic E-state index is 11.5. The molecule has 0 saturated heterocycles. The predicted octanol–water partition coefficient (Wildman–Crippen LogP) is 1.88. The van der Waals surface area contributed by atoms with Crippen LogP contribution in [0.25, 0.3) is 0 Å². The van der Waals surface area contributed by atoms with E-state index in [2.05, 4.69) is 0 Å². The van der Waals surface area contributed by atoms with Gasteiger partial charge in [0.1, 0.15) is 0 Å². The topological polar surface area (TPSA) is 70.3 Å². The molecule has 5 heteroatoms. The van der Waals surface area contributed by atoms with Gasteiger partial charge >= 0.3 is 5.97 Å². The largest absolute Gasteiger partial charge is 0.462 e. The molecule has 16 heavy (non-hydrogen) atoms. The number of aliphatic hydroxyl groups excluding tert-OH is 1. The number of rotatable bonds is 3. The molecule has 1 rings (SSSR count). The Morgan fingerprint density at radius 2 is 2.31 bits per heavy atom. The van der Waals surface area contributed by atoms with Gasteiger partial charge in [0.2, 0.25) is 0 Å². The first-order chi connectivity index (χ1) is 7.63. The number of esters is 1. The van der Waals surface area contributed by atoms with Gasteiger partial charge in [-0.3, -0.25) is 0 Å². The maximum absolute atomic E-state index is 11.5. The van der Waals surface area contributed by atoms with E-state index in [0.29, 0.717) is 5.56 Å². The van der Waals surface area contributed by atoms with E-state index in [-0.39, 0.29) is 29.4 Å². The molecule has 84 valence electrons. The van der Waals surface area contributed by atoms with Gasteiger partial charge < -0.3 is 9.84 Å². The summed E-state index contributed by atoms with van der Waals surface area (Å²) in [6, 6.07) is 4.61. The van der Waals surface area contributed by atoms with E-state index in [9.17, 15) is 4.79 Å². The van der Waals surface area contributed by atoms with Gasteiger partial charge in [-0.2, -0.15) is 5.26 Å². The van der Waals surface area contributed by atoms with E-state index in [1.807, 2.05) is 6.07 Å². The number of halogens is 1. The molecule has 0 unspecified atom stereocenters. The zero-order valence-corrected chi connectivity index (χ0v) is 9.41. The summed E-state index contributed by atoms with van der Waals surface area (Å²) in [7, 11) is 0. The molecule has 4 nitrogen and oxygen atoms in total.